The first-order chi connectivity index (χ1) is 13.2. The molecule has 0 atom stereocenters. The van der Waals surface area contributed by atoms with Crippen LogP contribution in [0.5, 0.6) is 0 Å². The van der Waals surface area contributed by atoms with Crippen LogP contribution in [-0.2, 0) is 10.7 Å². The minimum atomic E-state index is 0.761. The molecule has 0 unspecified atom stereocenters. The largest absolute Gasteiger partial charge is 0.403 e. The first kappa shape index (κ1) is 18.2. The Morgan fingerprint density at radius 1 is 1.22 bits per heavy atom. The maximum atomic E-state index is 6.43. The van der Waals surface area contributed by atoms with Crippen LogP contribution < -0.4 is 16.6 Å². The Hall–Kier alpha value is -2.19. The van der Waals surface area contributed by atoms with E-state index in [-0.39, 0.29) is 0 Å². The second kappa shape index (κ2) is 7.82. The highest BCUT2D eigenvalue weighted by molar-refractivity contribution is 7.92. The lowest BCUT2D eigenvalue weighted by Gasteiger charge is -2.23. The zero-order valence-electron chi connectivity index (χ0n) is 15.5. The Morgan fingerprint density at radius 2 is 2.04 bits per heavy atom. The number of hydrazine groups is 1. The van der Waals surface area contributed by atoms with Gasteiger partial charge >= 0.3 is 0 Å². The van der Waals surface area contributed by atoms with E-state index in [2.05, 4.69) is 58.3 Å². The van der Waals surface area contributed by atoms with Gasteiger partial charge in [-0.3, -0.25) is 9.19 Å². The number of hydrogen-bond acceptors (Lipinski definition) is 6. The van der Waals surface area contributed by atoms with Crippen LogP contribution in [0.4, 0.5) is 5.69 Å². The predicted molar refractivity (Wildman–Crippen MR) is 114 cm³/mol. The molecule has 4 rings (SSSR count). The highest BCUT2D eigenvalue weighted by Gasteiger charge is 2.17. The molecule has 6 nitrogen and oxygen atoms in total. The van der Waals surface area contributed by atoms with Crippen LogP contribution in [-0.4, -0.2) is 28.6 Å². The number of aromatic nitrogens is 1. The van der Waals surface area contributed by atoms with Crippen LogP contribution in [0, 0.1) is 0 Å². The smallest absolute Gasteiger partial charge is 0.0820 e. The average molecular weight is 384 g/mol. The summed E-state index contributed by atoms with van der Waals surface area (Å²) in [6.07, 6.45) is 2.36. The highest BCUT2D eigenvalue weighted by atomic mass is 32.2. The normalized spacial score (nSPS) is 15.9. The summed E-state index contributed by atoms with van der Waals surface area (Å²) in [7, 11) is 0. The van der Waals surface area contributed by atoms with Crippen molar-refractivity contribution >= 4 is 39.7 Å². The molecule has 1 aromatic heterocycles. The Bertz CT molecular complexity index is 977. The molecule has 1 saturated heterocycles. The van der Waals surface area contributed by atoms with Gasteiger partial charge in [-0.15, -0.1) is 0 Å². The average Bonchev–Trinajstić information content (AvgIpc) is 3.33. The van der Waals surface area contributed by atoms with Crippen LogP contribution in [0.2, 0.25) is 0 Å². The Balaban J connectivity index is 1.65. The summed E-state index contributed by atoms with van der Waals surface area (Å²) in [6.45, 7) is 5.63. The van der Waals surface area contributed by atoms with Gasteiger partial charge < -0.3 is 10.3 Å². The number of fused-ring (bicyclic) bond motifs is 3. The standard InChI is InChI=1S/C20H25N5OS/c1-2-24-19-6-4-3-5-17(19)18-13-15(7-8-20(18)24)25(22)16(14-21)9-10-23-11-12-26-27-23/h3-8,13-14H,2,9-12,21-22H2,1H3/b16-14-. The number of para-hydroxylation sites is 1. The highest BCUT2D eigenvalue weighted by Crippen LogP contribution is 2.32. The molecule has 7 heteroatoms. The molecule has 142 valence electrons. The van der Waals surface area contributed by atoms with Crippen molar-refractivity contribution in [1.82, 2.24) is 8.87 Å². The fraction of sp³-hybridized carbons (Fsp3) is 0.300. The number of nitrogens with zero attached hydrogens (tertiary/aromatic N) is 3. The van der Waals surface area contributed by atoms with Crippen LogP contribution in [0.25, 0.3) is 21.8 Å². The zero-order valence-corrected chi connectivity index (χ0v) is 16.3. The van der Waals surface area contributed by atoms with Crippen molar-refractivity contribution in [2.45, 2.75) is 19.9 Å². The Kier molecular flexibility index (Phi) is 5.27. The quantitative estimate of drug-likeness (QED) is 0.293. The maximum Gasteiger partial charge on any atom is 0.0820 e. The van der Waals surface area contributed by atoms with Crippen molar-refractivity contribution in [3.63, 3.8) is 0 Å². The van der Waals surface area contributed by atoms with Gasteiger partial charge in [0.1, 0.15) is 0 Å². The Labute approximate surface area is 163 Å². The molecular formula is C20H25N5OS. The molecule has 0 saturated carbocycles. The molecule has 0 amide bonds. The van der Waals surface area contributed by atoms with E-state index in [1.165, 1.54) is 34.0 Å². The van der Waals surface area contributed by atoms with E-state index in [0.29, 0.717) is 0 Å². The van der Waals surface area contributed by atoms with Crippen LogP contribution in [0.1, 0.15) is 13.3 Å². The van der Waals surface area contributed by atoms with Gasteiger partial charge in [-0.25, -0.2) is 10.1 Å². The summed E-state index contributed by atoms with van der Waals surface area (Å²) in [5, 5.41) is 4.15. The first-order valence-electron chi connectivity index (χ1n) is 9.24. The molecule has 0 radical (unpaired) electrons. The summed E-state index contributed by atoms with van der Waals surface area (Å²) in [5.74, 6) is 6.43. The van der Waals surface area contributed by atoms with E-state index in [1.54, 1.807) is 11.2 Å². The van der Waals surface area contributed by atoms with E-state index in [9.17, 15) is 0 Å². The van der Waals surface area contributed by atoms with E-state index in [0.717, 1.165) is 44.0 Å². The number of aryl methyl sites for hydroxylation is 1. The van der Waals surface area contributed by atoms with Gasteiger partial charge in [-0.2, -0.15) is 0 Å². The first-order valence-corrected chi connectivity index (χ1v) is 9.94. The number of rotatable bonds is 6. The fourth-order valence-electron chi connectivity index (χ4n) is 3.66. The number of hydrogen-bond donors (Lipinski definition) is 2. The maximum absolute atomic E-state index is 6.43. The lowest BCUT2D eigenvalue weighted by Crippen LogP contribution is -2.32. The molecule has 1 fully saturated rings. The Morgan fingerprint density at radius 3 is 2.78 bits per heavy atom. The molecule has 0 aliphatic carbocycles. The molecule has 27 heavy (non-hydrogen) atoms. The topological polar surface area (TPSA) is 72.7 Å². The molecule has 2 heterocycles. The number of anilines is 1. The molecule has 0 spiro atoms. The molecule has 4 N–H and O–H groups in total. The second-order valence-corrected chi connectivity index (χ2v) is 7.47. The summed E-state index contributed by atoms with van der Waals surface area (Å²) >= 11 is 1.41. The van der Waals surface area contributed by atoms with Gasteiger partial charge in [0, 0.05) is 54.1 Å². The monoisotopic (exact) mass is 383 g/mol. The van der Waals surface area contributed by atoms with Crippen molar-refractivity contribution in [2.75, 3.05) is 24.7 Å². The number of nitrogens with two attached hydrogens (primary N) is 2. The lowest BCUT2D eigenvalue weighted by molar-refractivity contribution is 0.398. The van der Waals surface area contributed by atoms with E-state index in [4.69, 9.17) is 15.8 Å². The van der Waals surface area contributed by atoms with Crippen molar-refractivity contribution in [1.29, 1.82) is 0 Å². The molecule has 0 bridgehead atoms. The summed E-state index contributed by atoms with van der Waals surface area (Å²) in [5.41, 5.74) is 10.2. The zero-order chi connectivity index (χ0) is 18.8. The van der Waals surface area contributed by atoms with Crippen LogP contribution >= 0.6 is 12.2 Å². The van der Waals surface area contributed by atoms with E-state index < -0.39 is 0 Å². The second-order valence-electron chi connectivity index (χ2n) is 6.57. The molecule has 2 aromatic carbocycles. The van der Waals surface area contributed by atoms with Crippen molar-refractivity contribution in [3.05, 3.63) is 54.4 Å². The van der Waals surface area contributed by atoms with Gasteiger partial charge in [0.15, 0.2) is 0 Å². The summed E-state index contributed by atoms with van der Waals surface area (Å²) in [4.78, 5) is 0. The van der Waals surface area contributed by atoms with Gasteiger partial charge in [0.25, 0.3) is 0 Å². The van der Waals surface area contributed by atoms with Gasteiger partial charge in [0.2, 0.25) is 0 Å². The van der Waals surface area contributed by atoms with Crippen molar-refractivity contribution in [3.8, 4) is 0 Å². The van der Waals surface area contributed by atoms with Gasteiger partial charge in [-0.05, 0) is 31.2 Å². The summed E-state index contributed by atoms with van der Waals surface area (Å²) in [6, 6.07) is 14.9. The van der Waals surface area contributed by atoms with Gasteiger partial charge in [-0.1, -0.05) is 18.2 Å². The van der Waals surface area contributed by atoms with Crippen LogP contribution in [0.15, 0.2) is 54.4 Å². The predicted octanol–water partition coefficient (Wildman–Crippen LogP) is 3.58. The molecule has 3 aromatic rings. The van der Waals surface area contributed by atoms with E-state index >= 15 is 0 Å². The lowest BCUT2D eigenvalue weighted by atomic mass is 10.1. The van der Waals surface area contributed by atoms with Crippen molar-refractivity contribution < 1.29 is 4.18 Å². The SMILES string of the molecule is CCn1c2ccccc2c2cc(N(N)/C(=C\N)CCN3CCOS3)ccc21. The van der Waals surface area contributed by atoms with Crippen LogP contribution in [0.3, 0.4) is 0 Å². The third kappa shape index (κ3) is 3.39. The third-order valence-corrected chi connectivity index (χ3v) is 5.90. The molecular weight excluding hydrogens is 358 g/mol. The van der Waals surface area contributed by atoms with Crippen molar-refractivity contribution in [2.24, 2.45) is 11.6 Å². The number of benzene rings is 2. The third-order valence-electron chi connectivity index (χ3n) is 5.05. The molecule has 1 aliphatic rings. The fourth-order valence-corrected chi connectivity index (χ4v) is 4.27. The van der Waals surface area contributed by atoms with Gasteiger partial charge in [0.05, 0.1) is 30.2 Å². The summed E-state index contributed by atoms with van der Waals surface area (Å²) < 4.78 is 9.82. The minimum absolute atomic E-state index is 0.761. The molecule has 1 aliphatic heterocycles. The minimum Gasteiger partial charge on any atom is -0.403 e. The van der Waals surface area contributed by atoms with E-state index in [1.807, 2.05) is 0 Å².